The highest BCUT2D eigenvalue weighted by molar-refractivity contribution is 5.99. The van der Waals surface area contributed by atoms with Gasteiger partial charge >= 0.3 is 0 Å². The van der Waals surface area contributed by atoms with Gasteiger partial charge in [0, 0.05) is 12.7 Å². The van der Waals surface area contributed by atoms with Gasteiger partial charge in [-0.25, -0.2) is 0 Å². The molecule has 0 aliphatic carbocycles. The van der Waals surface area contributed by atoms with E-state index in [1.54, 1.807) is 11.1 Å². The van der Waals surface area contributed by atoms with Crippen LogP contribution in [-0.2, 0) is 16.1 Å². The molecule has 0 unspecified atom stereocenters. The molecule has 1 saturated heterocycles. The number of rotatable bonds is 2. The Hall–Kier alpha value is -1.75. The van der Waals surface area contributed by atoms with Crippen molar-refractivity contribution in [1.29, 1.82) is 0 Å². The molecule has 1 aromatic rings. The standard InChI is InChI=1S/C11H13N3O2/c1-8-3-2-4-12-9(8)5-14-6-10(15)13-11(16)7-14/h2-4H,5-7H2,1H3,(H,13,15,16). The molecule has 0 bridgehead atoms. The third-order valence-corrected chi connectivity index (χ3v) is 2.50. The fraction of sp³-hybridized carbons (Fsp3) is 0.364. The van der Waals surface area contributed by atoms with Crippen LogP contribution in [0.15, 0.2) is 18.3 Å². The molecule has 1 aromatic heterocycles. The van der Waals surface area contributed by atoms with Gasteiger partial charge in [0.25, 0.3) is 0 Å². The van der Waals surface area contributed by atoms with Crippen LogP contribution in [0.1, 0.15) is 11.3 Å². The Morgan fingerprint density at radius 1 is 1.38 bits per heavy atom. The van der Waals surface area contributed by atoms with Crippen LogP contribution < -0.4 is 5.32 Å². The van der Waals surface area contributed by atoms with Crippen LogP contribution in [0.4, 0.5) is 0 Å². The molecular formula is C11H13N3O2. The summed E-state index contributed by atoms with van der Waals surface area (Å²) in [6.45, 7) is 3.00. The summed E-state index contributed by atoms with van der Waals surface area (Å²) in [5.74, 6) is -0.491. The summed E-state index contributed by atoms with van der Waals surface area (Å²) < 4.78 is 0. The van der Waals surface area contributed by atoms with Crippen molar-refractivity contribution in [1.82, 2.24) is 15.2 Å². The molecule has 0 aromatic carbocycles. The summed E-state index contributed by atoms with van der Waals surface area (Å²) in [7, 11) is 0. The topological polar surface area (TPSA) is 62.3 Å². The van der Waals surface area contributed by atoms with Crippen LogP contribution in [0, 0.1) is 6.92 Å². The minimum absolute atomic E-state index is 0.246. The van der Waals surface area contributed by atoms with Crippen LogP contribution >= 0.6 is 0 Å². The third kappa shape index (κ3) is 2.43. The first kappa shape index (κ1) is 10.8. The van der Waals surface area contributed by atoms with E-state index < -0.39 is 0 Å². The zero-order valence-electron chi connectivity index (χ0n) is 9.06. The smallest absolute Gasteiger partial charge is 0.240 e. The van der Waals surface area contributed by atoms with Crippen molar-refractivity contribution in [3.05, 3.63) is 29.6 Å². The number of hydrogen-bond acceptors (Lipinski definition) is 4. The van der Waals surface area contributed by atoms with Gasteiger partial charge in [-0.05, 0) is 18.6 Å². The number of hydrogen-bond donors (Lipinski definition) is 1. The predicted octanol–water partition coefficient (Wildman–Crippen LogP) is -0.152. The minimum Gasteiger partial charge on any atom is -0.294 e. The number of carbonyl (C=O) groups is 2. The fourth-order valence-corrected chi connectivity index (χ4v) is 1.70. The van der Waals surface area contributed by atoms with Gasteiger partial charge in [0.2, 0.25) is 11.8 Å². The van der Waals surface area contributed by atoms with Crippen LogP contribution in [0.2, 0.25) is 0 Å². The van der Waals surface area contributed by atoms with E-state index in [9.17, 15) is 9.59 Å². The van der Waals surface area contributed by atoms with Gasteiger partial charge in [0.15, 0.2) is 0 Å². The first-order valence-corrected chi connectivity index (χ1v) is 5.10. The molecule has 5 heteroatoms. The van der Waals surface area contributed by atoms with Crippen molar-refractivity contribution in [3.8, 4) is 0 Å². The summed E-state index contributed by atoms with van der Waals surface area (Å²) in [4.78, 5) is 28.4. The van der Waals surface area contributed by atoms with Crippen molar-refractivity contribution < 1.29 is 9.59 Å². The molecule has 1 aliphatic heterocycles. The summed E-state index contributed by atoms with van der Waals surface area (Å²) in [6, 6.07) is 3.83. The molecule has 0 radical (unpaired) electrons. The molecule has 0 saturated carbocycles. The van der Waals surface area contributed by atoms with Gasteiger partial charge in [-0.15, -0.1) is 0 Å². The van der Waals surface area contributed by atoms with Crippen LogP contribution in [0.5, 0.6) is 0 Å². The van der Waals surface area contributed by atoms with E-state index in [0.29, 0.717) is 6.54 Å². The molecular weight excluding hydrogens is 206 g/mol. The SMILES string of the molecule is Cc1cccnc1CN1CC(=O)NC(=O)C1. The Kier molecular flexibility index (Phi) is 2.96. The van der Waals surface area contributed by atoms with E-state index in [1.807, 2.05) is 19.1 Å². The second kappa shape index (κ2) is 4.40. The molecule has 0 atom stereocenters. The van der Waals surface area contributed by atoms with Crippen LogP contribution in [0.3, 0.4) is 0 Å². The molecule has 1 fully saturated rings. The number of pyridine rings is 1. The van der Waals surface area contributed by atoms with E-state index in [1.165, 1.54) is 0 Å². The maximum Gasteiger partial charge on any atom is 0.240 e. The first-order chi connectivity index (χ1) is 7.65. The first-order valence-electron chi connectivity index (χ1n) is 5.10. The molecule has 84 valence electrons. The van der Waals surface area contributed by atoms with Gasteiger partial charge in [0.05, 0.1) is 18.8 Å². The molecule has 0 spiro atoms. The van der Waals surface area contributed by atoms with Gasteiger partial charge in [-0.1, -0.05) is 6.07 Å². The molecule has 1 N–H and O–H groups in total. The highest BCUT2D eigenvalue weighted by atomic mass is 16.2. The Labute approximate surface area is 93.5 Å². The van der Waals surface area contributed by atoms with Crippen molar-refractivity contribution >= 4 is 11.8 Å². The van der Waals surface area contributed by atoms with Gasteiger partial charge in [-0.2, -0.15) is 0 Å². The number of nitrogens with one attached hydrogen (secondary N) is 1. The summed E-state index contributed by atoms with van der Waals surface area (Å²) in [5, 5.41) is 2.27. The Morgan fingerprint density at radius 2 is 2.06 bits per heavy atom. The number of aromatic nitrogens is 1. The Morgan fingerprint density at radius 3 is 2.69 bits per heavy atom. The van der Waals surface area contributed by atoms with E-state index >= 15 is 0 Å². The van der Waals surface area contributed by atoms with E-state index in [0.717, 1.165) is 11.3 Å². The lowest BCUT2D eigenvalue weighted by molar-refractivity contribution is -0.136. The Bertz CT molecular complexity index is 415. The van der Waals surface area contributed by atoms with Crippen LogP contribution in [0.25, 0.3) is 0 Å². The summed E-state index contributed by atoms with van der Waals surface area (Å²) >= 11 is 0. The quantitative estimate of drug-likeness (QED) is 0.703. The third-order valence-electron chi connectivity index (χ3n) is 2.50. The second-order valence-corrected chi connectivity index (χ2v) is 3.88. The maximum absolute atomic E-state index is 11.2. The summed E-state index contributed by atoms with van der Waals surface area (Å²) in [5.41, 5.74) is 1.98. The molecule has 5 nitrogen and oxygen atoms in total. The Balaban J connectivity index is 2.07. The van der Waals surface area contributed by atoms with Crippen LogP contribution in [-0.4, -0.2) is 34.8 Å². The minimum atomic E-state index is -0.246. The monoisotopic (exact) mass is 219 g/mol. The lowest BCUT2D eigenvalue weighted by Gasteiger charge is -2.25. The average molecular weight is 219 g/mol. The fourth-order valence-electron chi connectivity index (χ4n) is 1.70. The number of nitrogens with zero attached hydrogens (tertiary/aromatic N) is 2. The van der Waals surface area contributed by atoms with Gasteiger partial charge in [-0.3, -0.25) is 24.8 Å². The van der Waals surface area contributed by atoms with Gasteiger partial charge in [0.1, 0.15) is 0 Å². The van der Waals surface area contributed by atoms with Crippen molar-refractivity contribution in [3.63, 3.8) is 0 Å². The molecule has 2 amide bonds. The average Bonchev–Trinajstić information content (AvgIpc) is 2.20. The zero-order chi connectivity index (χ0) is 11.5. The molecule has 2 heterocycles. The number of amides is 2. The molecule has 16 heavy (non-hydrogen) atoms. The summed E-state index contributed by atoms with van der Waals surface area (Å²) in [6.07, 6.45) is 1.72. The maximum atomic E-state index is 11.2. The largest absolute Gasteiger partial charge is 0.294 e. The highest BCUT2D eigenvalue weighted by Crippen LogP contribution is 2.08. The normalized spacial score (nSPS) is 17.3. The molecule has 1 aliphatic rings. The van der Waals surface area contributed by atoms with E-state index in [-0.39, 0.29) is 24.9 Å². The van der Waals surface area contributed by atoms with Gasteiger partial charge < -0.3 is 0 Å². The highest BCUT2D eigenvalue weighted by Gasteiger charge is 2.22. The van der Waals surface area contributed by atoms with E-state index in [2.05, 4.69) is 10.3 Å². The number of aryl methyl sites for hydroxylation is 1. The number of piperazine rings is 1. The van der Waals surface area contributed by atoms with E-state index in [4.69, 9.17) is 0 Å². The zero-order valence-corrected chi connectivity index (χ0v) is 9.06. The number of carbonyl (C=O) groups excluding carboxylic acids is 2. The lowest BCUT2D eigenvalue weighted by Crippen LogP contribution is -2.51. The van der Waals surface area contributed by atoms with Crippen molar-refractivity contribution in [2.45, 2.75) is 13.5 Å². The second-order valence-electron chi connectivity index (χ2n) is 3.88. The van der Waals surface area contributed by atoms with Crippen molar-refractivity contribution in [2.24, 2.45) is 0 Å². The lowest BCUT2D eigenvalue weighted by atomic mass is 10.2. The van der Waals surface area contributed by atoms with Crippen molar-refractivity contribution in [2.75, 3.05) is 13.1 Å². The molecule has 2 rings (SSSR count). The number of imide groups is 1. The predicted molar refractivity (Wildman–Crippen MR) is 57.4 cm³/mol.